The highest BCUT2D eigenvalue weighted by Gasteiger charge is 2.24. The van der Waals surface area contributed by atoms with Crippen molar-refractivity contribution in [2.75, 3.05) is 27.0 Å². The average molecular weight is 314 g/mol. The lowest BCUT2D eigenvalue weighted by atomic mass is 10.1. The van der Waals surface area contributed by atoms with E-state index in [0.717, 1.165) is 6.42 Å². The van der Waals surface area contributed by atoms with Gasteiger partial charge in [-0.1, -0.05) is 18.5 Å². The highest BCUT2D eigenvalue weighted by Crippen LogP contribution is 2.40. The number of halogens is 1. The number of benzene rings is 1. The molecule has 0 saturated carbocycles. The number of hydrogen-bond acceptors (Lipinski definition) is 5. The predicted molar refractivity (Wildman–Crippen MR) is 75.8 cm³/mol. The average Bonchev–Trinajstić information content (AvgIpc) is 2.94. The SMILES string of the molecule is CCCN(CC(=O)OC)C(=O)c1cc(Cl)c2c(c1)OCO2. The van der Waals surface area contributed by atoms with Crippen LogP contribution in [0.2, 0.25) is 5.02 Å². The molecule has 114 valence electrons. The summed E-state index contributed by atoms with van der Waals surface area (Å²) >= 11 is 6.07. The molecule has 2 rings (SSSR count). The van der Waals surface area contributed by atoms with E-state index in [1.54, 1.807) is 6.07 Å². The molecule has 0 fully saturated rings. The minimum absolute atomic E-state index is 0.0769. The maximum absolute atomic E-state index is 12.5. The fourth-order valence-corrected chi connectivity index (χ4v) is 2.28. The van der Waals surface area contributed by atoms with Crippen molar-refractivity contribution in [3.63, 3.8) is 0 Å². The lowest BCUT2D eigenvalue weighted by Crippen LogP contribution is -2.36. The van der Waals surface area contributed by atoms with E-state index < -0.39 is 5.97 Å². The number of rotatable bonds is 5. The number of nitrogens with zero attached hydrogens (tertiary/aromatic N) is 1. The fourth-order valence-electron chi connectivity index (χ4n) is 2.02. The molecule has 1 amide bonds. The van der Waals surface area contributed by atoms with Crippen molar-refractivity contribution in [1.29, 1.82) is 0 Å². The molecule has 1 heterocycles. The highest BCUT2D eigenvalue weighted by atomic mass is 35.5. The number of amides is 1. The molecule has 0 aliphatic carbocycles. The van der Waals surface area contributed by atoms with Crippen LogP contribution < -0.4 is 9.47 Å². The Labute approximate surface area is 127 Å². The van der Waals surface area contributed by atoms with Crippen LogP contribution in [-0.4, -0.2) is 43.8 Å². The van der Waals surface area contributed by atoms with Crippen LogP contribution in [0.4, 0.5) is 0 Å². The van der Waals surface area contributed by atoms with Gasteiger partial charge in [-0.15, -0.1) is 0 Å². The Morgan fingerprint density at radius 3 is 2.81 bits per heavy atom. The second-order valence-electron chi connectivity index (χ2n) is 4.49. The van der Waals surface area contributed by atoms with Crippen molar-refractivity contribution in [3.8, 4) is 11.5 Å². The Hall–Kier alpha value is -1.95. The van der Waals surface area contributed by atoms with Crippen LogP contribution in [0.15, 0.2) is 12.1 Å². The van der Waals surface area contributed by atoms with Gasteiger partial charge in [0.1, 0.15) is 6.54 Å². The van der Waals surface area contributed by atoms with Gasteiger partial charge in [0.15, 0.2) is 11.5 Å². The van der Waals surface area contributed by atoms with Gasteiger partial charge in [0.2, 0.25) is 6.79 Å². The maximum Gasteiger partial charge on any atom is 0.325 e. The van der Waals surface area contributed by atoms with Gasteiger partial charge < -0.3 is 19.1 Å². The molecule has 0 spiro atoms. The second-order valence-corrected chi connectivity index (χ2v) is 4.90. The lowest BCUT2D eigenvalue weighted by molar-refractivity contribution is -0.141. The Morgan fingerprint density at radius 2 is 2.14 bits per heavy atom. The molecule has 0 saturated heterocycles. The van der Waals surface area contributed by atoms with Crippen molar-refractivity contribution < 1.29 is 23.8 Å². The smallest absolute Gasteiger partial charge is 0.325 e. The number of esters is 1. The van der Waals surface area contributed by atoms with E-state index in [2.05, 4.69) is 4.74 Å². The summed E-state index contributed by atoms with van der Waals surface area (Å²) in [6.07, 6.45) is 0.723. The third-order valence-corrected chi connectivity index (χ3v) is 3.28. The molecule has 0 atom stereocenters. The summed E-state index contributed by atoms with van der Waals surface area (Å²) in [5, 5.41) is 0.308. The number of fused-ring (bicyclic) bond motifs is 1. The minimum atomic E-state index is -0.469. The summed E-state index contributed by atoms with van der Waals surface area (Å²) in [6, 6.07) is 3.08. The molecule has 7 heteroatoms. The van der Waals surface area contributed by atoms with E-state index >= 15 is 0 Å². The Balaban J connectivity index is 2.24. The first-order chi connectivity index (χ1) is 10.1. The second kappa shape index (κ2) is 6.67. The molecular weight excluding hydrogens is 298 g/mol. The third-order valence-electron chi connectivity index (χ3n) is 3.00. The van der Waals surface area contributed by atoms with Gasteiger partial charge in [0.05, 0.1) is 12.1 Å². The van der Waals surface area contributed by atoms with E-state index in [-0.39, 0.29) is 19.2 Å². The van der Waals surface area contributed by atoms with E-state index in [1.807, 2.05) is 6.92 Å². The van der Waals surface area contributed by atoms with E-state index in [0.29, 0.717) is 28.6 Å². The normalized spacial score (nSPS) is 12.1. The summed E-state index contributed by atoms with van der Waals surface area (Å²) in [4.78, 5) is 25.3. The summed E-state index contributed by atoms with van der Waals surface area (Å²) in [7, 11) is 1.29. The van der Waals surface area contributed by atoms with Crippen molar-refractivity contribution in [1.82, 2.24) is 4.90 Å². The topological polar surface area (TPSA) is 65.1 Å². The fraction of sp³-hybridized carbons (Fsp3) is 0.429. The van der Waals surface area contributed by atoms with E-state index in [1.165, 1.54) is 18.1 Å². The van der Waals surface area contributed by atoms with Crippen LogP contribution in [0.25, 0.3) is 0 Å². The summed E-state index contributed by atoms with van der Waals surface area (Å²) < 4.78 is 15.1. The number of methoxy groups -OCH3 is 1. The molecule has 1 aromatic carbocycles. The number of carbonyl (C=O) groups is 2. The molecule has 0 bridgehead atoms. The largest absolute Gasteiger partial charge is 0.468 e. The number of ether oxygens (including phenoxy) is 3. The number of carbonyl (C=O) groups excluding carboxylic acids is 2. The van der Waals surface area contributed by atoms with Gasteiger partial charge in [-0.05, 0) is 18.6 Å². The third kappa shape index (κ3) is 3.39. The molecule has 0 N–H and O–H groups in total. The molecule has 0 aromatic heterocycles. The van der Waals surface area contributed by atoms with Crippen molar-refractivity contribution in [2.24, 2.45) is 0 Å². The molecule has 21 heavy (non-hydrogen) atoms. The molecule has 6 nitrogen and oxygen atoms in total. The van der Waals surface area contributed by atoms with Crippen LogP contribution in [0, 0.1) is 0 Å². The number of hydrogen-bond donors (Lipinski definition) is 0. The first-order valence-electron chi connectivity index (χ1n) is 6.52. The van der Waals surface area contributed by atoms with Gasteiger partial charge in [0.25, 0.3) is 5.91 Å². The van der Waals surface area contributed by atoms with Crippen LogP contribution in [0.3, 0.4) is 0 Å². The van der Waals surface area contributed by atoms with Gasteiger partial charge in [0, 0.05) is 12.1 Å². The standard InChI is InChI=1S/C14H16ClNO5/c1-3-4-16(7-12(17)19-2)14(18)9-5-10(15)13-11(6-9)20-8-21-13/h5-6H,3-4,7-8H2,1-2H3. The van der Waals surface area contributed by atoms with E-state index in [9.17, 15) is 9.59 Å². The van der Waals surface area contributed by atoms with Gasteiger partial charge >= 0.3 is 5.97 Å². The Kier molecular flexibility index (Phi) is 4.90. The molecule has 0 unspecified atom stereocenters. The zero-order valence-electron chi connectivity index (χ0n) is 11.8. The molecular formula is C14H16ClNO5. The quantitative estimate of drug-likeness (QED) is 0.779. The highest BCUT2D eigenvalue weighted by molar-refractivity contribution is 6.32. The summed E-state index contributed by atoms with van der Waals surface area (Å²) in [6.45, 7) is 2.34. The lowest BCUT2D eigenvalue weighted by Gasteiger charge is -2.21. The van der Waals surface area contributed by atoms with Crippen molar-refractivity contribution in [3.05, 3.63) is 22.7 Å². The molecule has 0 radical (unpaired) electrons. The Morgan fingerprint density at radius 1 is 1.38 bits per heavy atom. The zero-order valence-corrected chi connectivity index (χ0v) is 12.6. The Bertz CT molecular complexity index is 561. The summed E-state index contributed by atoms with van der Waals surface area (Å²) in [5.74, 6) is 0.0923. The zero-order chi connectivity index (χ0) is 15.4. The van der Waals surface area contributed by atoms with Gasteiger partial charge in [-0.2, -0.15) is 0 Å². The van der Waals surface area contributed by atoms with Crippen molar-refractivity contribution >= 4 is 23.5 Å². The van der Waals surface area contributed by atoms with Crippen LogP contribution in [0.5, 0.6) is 11.5 Å². The molecule has 1 aromatic rings. The summed E-state index contributed by atoms with van der Waals surface area (Å²) in [5.41, 5.74) is 0.349. The van der Waals surface area contributed by atoms with Crippen LogP contribution in [0.1, 0.15) is 23.7 Å². The molecule has 1 aliphatic rings. The first kappa shape index (κ1) is 15.4. The van der Waals surface area contributed by atoms with Gasteiger partial charge in [-0.3, -0.25) is 9.59 Å². The van der Waals surface area contributed by atoms with Crippen molar-refractivity contribution in [2.45, 2.75) is 13.3 Å². The monoisotopic (exact) mass is 313 g/mol. The molecule has 1 aliphatic heterocycles. The van der Waals surface area contributed by atoms with Gasteiger partial charge in [-0.25, -0.2) is 0 Å². The maximum atomic E-state index is 12.5. The minimum Gasteiger partial charge on any atom is -0.468 e. The predicted octanol–water partition coefficient (Wildman–Crippen LogP) is 2.09. The van der Waals surface area contributed by atoms with Crippen LogP contribution in [-0.2, 0) is 9.53 Å². The van der Waals surface area contributed by atoms with E-state index in [4.69, 9.17) is 21.1 Å². The van der Waals surface area contributed by atoms with Crippen LogP contribution >= 0.6 is 11.6 Å². The first-order valence-corrected chi connectivity index (χ1v) is 6.89.